The summed E-state index contributed by atoms with van der Waals surface area (Å²) in [7, 11) is -1.32. The molecule has 2 rings (SSSR count). The Morgan fingerprint density at radius 3 is 2.89 bits per heavy atom. The quantitative estimate of drug-likeness (QED) is 0.624. The van der Waals surface area contributed by atoms with Gasteiger partial charge in [-0.25, -0.2) is 0 Å². The number of nitrogens with zero attached hydrogens (tertiary/aromatic N) is 1. The number of ketones is 1. The van der Waals surface area contributed by atoms with Gasteiger partial charge in [-0.1, -0.05) is 12.1 Å². The Hall–Kier alpha value is -1.75. The lowest BCUT2D eigenvalue weighted by molar-refractivity contribution is -0.116. The van der Waals surface area contributed by atoms with Crippen molar-refractivity contribution < 1.29 is 13.8 Å². The zero-order chi connectivity index (χ0) is 14.0. The maximum Gasteiger partial charge on any atom is 0.240 e. The minimum absolute atomic E-state index is 0.00353. The summed E-state index contributed by atoms with van der Waals surface area (Å²) in [5.41, 5.74) is 1.11. The van der Waals surface area contributed by atoms with Crippen LogP contribution >= 0.6 is 0 Å². The molecule has 0 bridgehead atoms. The fourth-order valence-corrected chi connectivity index (χ4v) is 3.17. The van der Waals surface area contributed by atoms with Crippen LogP contribution in [0.15, 0.2) is 35.7 Å². The molecule has 5 heteroatoms. The van der Waals surface area contributed by atoms with Gasteiger partial charge in [0.25, 0.3) is 0 Å². The summed E-state index contributed by atoms with van der Waals surface area (Å²) in [4.78, 5) is 25.6. The first kappa shape index (κ1) is 13.7. The third-order valence-electron chi connectivity index (χ3n) is 3.01. The summed E-state index contributed by atoms with van der Waals surface area (Å²) in [6.07, 6.45) is 2.38. The van der Waals surface area contributed by atoms with Gasteiger partial charge in [0.1, 0.15) is 5.75 Å². The average Bonchev–Trinajstić information content (AvgIpc) is 2.37. The minimum atomic E-state index is -1.32. The molecule has 1 unspecified atom stereocenters. The number of carbonyl (C=O) groups excluding carboxylic acids is 2. The largest absolute Gasteiger partial charge is 0.310 e. The number of rotatable bonds is 4. The van der Waals surface area contributed by atoms with Gasteiger partial charge in [0.15, 0.2) is 5.78 Å². The van der Waals surface area contributed by atoms with Crippen molar-refractivity contribution in [3.05, 3.63) is 36.4 Å². The fourth-order valence-electron chi connectivity index (χ4n) is 2.01. The van der Waals surface area contributed by atoms with E-state index in [1.54, 1.807) is 29.2 Å². The number of hydrogen-bond acceptors (Lipinski definition) is 3. The summed E-state index contributed by atoms with van der Waals surface area (Å²) in [6, 6.07) is 4.98. The molecule has 19 heavy (non-hydrogen) atoms. The average molecular weight is 277 g/mol. The van der Waals surface area contributed by atoms with E-state index in [1.165, 1.54) is 6.92 Å². The highest BCUT2D eigenvalue weighted by molar-refractivity contribution is 7.86. The van der Waals surface area contributed by atoms with Crippen molar-refractivity contribution in [2.75, 3.05) is 17.2 Å². The number of Topliss-reactive ketones (excluding diaryl/α,β-unsaturated/α-hetero) is 1. The monoisotopic (exact) mass is 277 g/mol. The molecule has 1 aliphatic rings. The molecular formula is C14H15NO3S. The van der Waals surface area contributed by atoms with Gasteiger partial charge in [0.2, 0.25) is 5.91 Å². The van der Waals surface area contributed by atoms with Crippen LogP contribution in [-0.2, 0) is 15.6 Å². The predicted octanol–water partition coefficient (Wildman–Crippen LogP) is 1.92. The number of anilines is 1. The number of fused-ring (bicyclic) bond motifs is 1. The van der Waals surface area contributed by atoms with E-state index in [0.717, 1.165) is 0 Å². The van der Waals surface area contributed by atoms with Crippen molar-refractivity contribution in [3.8, 4) is 0 Å². The van der Waals surface area contributed by atoms with Gasteiger partial charge in [-0.05, 0) is 25.5 Å². The van der Waals surface area contributed by atoms with Crippen LogP contribution in [0.1, 0.15) is 23.7 Å². The van der Waals surface area contributed by atoms with Crippen LogP contribution in [0.4, 0.5) is 5.69 Å². The van der Waals surface area contributed by atoms with Crippen LogP contribution in [0.25, 0.3) is 0 Å². The minimum Gasteiger partial charge on any atom is -0.310 e. The first-order valence-corrected chi connectivity index (χ1v) is 7.31. The maximum absolute atomic E-state index is 12.0. The number of benzene rings is 1. The van der Waals surface area contributed by atoms with Crippen molar-refractivity contribution in [1.82, 2.24) is 0 Å². The molecule has 0 aromatic heterocycles. The Kier molecular flexibility index (Phi) is 3.95. The second-order valence-corrected chi connectivity index (χ2v) is 5.77. The lowest BCUT2D eigenvalue weighted by Crippen LogP contribution is -2.39. The number of carbonyl (C=O) groups is 2. The van der Waals surface area contributed by atoms with E-state index in [0.29, 0.717) is 29.1 Å². The molecule has 0 radical (unpaired) electrons. The van der Waals surface area contributed by atoms with Crippen LogP contribution in [0.2, 0.25) is 0 Å². The van der Waals surface area contributed by atoms with Gasteiger partial charge in [-0.2, -0.15) is 0 Å². The van der Waals surface area contributed by atoms with E-state index in [4.69, 9.17) is 0 Å². The Morgan fingerprint density at radius 1 is 1.53 bits per heavy atom. The highest BCUT2D eigenvalue weighted by atomic mass is 32.2. The molecular weight excluding hydrogens is 262 g/mol. The van der Waals surface area contributed by atoms with E-state index in [9.17, 15) is 13.8 Å². The van der Waals surface area contributed by atoms with Crippen LogP contribution in [0, 0.1) is 0 Å². The van der Waals surface area contributed by atoms with Crippen molar-refractivity contribution in [2.24, 2.45) is 0 Å². The molecule has 1 aliphatic heterocycles. The summed E-state index contributed by atoms with van der Waals surface area (Å²) >= 11 is 0. The fraction of sp³-hybridized carbons (Fsp3) is 0.286. The number of amides is 1. The maximum atomic E-state index is 12.0. The number of hydrogen-bond donors (Lipinski definition) is 0. The highest BCUT2D eigenvalue weighted by Crippen LogP contribution is 2.30. The Bertz CT molecular complexity index is 580. The second kappa shape index (κ2) is 5.48. The zero-order valence-electron chi connectivity index (χ0n) is 10.7. The van der Waals surface area contributed by atoms with Crippen molar-refractivity contribution in [2.45, 2.75) is 18.2 Å². The second-order valence-electron chi connectivity index (χ2n) is 4.35. The van der Waals surface area contributed by atoms with Crippen LogP contribution in [0.5, 0.6) is 0 Å². The van der Waals surface area contributed by atoms with Gasteiger partial charge in [-0.3, -0.25) is 13.8 Å². The van der Waals surface area contributed by atoms with Crippen LogP contribution in [-0.4, -0.2) is 28.2 Å². The van der Waals surface area contributed by atoms with Crippen molar-refractivity contribution in [1.29, 1.82) is 0 Å². The molecule has 0 N–H and O–H groups in total. The molecule has 1 aromatic rings. The van der Waals surface area contributed by atoms with E-state index in [2.05, 4.69) is 6.58 Å². The standard InChI is InChI=1S/C14H15NO3S/c1-3-4-7-15-12-8-11(10(2)16)5-6-13(12)19(18)9-14(15)17/h3,5-6,8H,1,4,7,9H2,2H3. The van der Waals surface area contributed by atoms with Crippen LogP contribution < -0.4 is 4.90 Å². The molecule has 0 saturated carbocycles. The Labute approximate surface area is 114 Å². The smallest absolute Gasteiger partial charge is 0.240 e. The normalized spacial score (nSPS) is 18.1. The van der Waals surface area contributed by atoms with Crippen molar-refractivity contribution >= 4 is 28.2 Å². The molecule has 100 valence electrons. The first-order valence-electron chi connectivity index (χ1n) is 5.99. The van der Waals surface area contributed by atoms with Gasteiger partial charge >= 0.3 is 0 Å². The van der Waals surface area contributed by atoms with E-state index < -0.39 is 10.8 Å². The molecule has 1 atom stereocenters. The first-order chi connectivity index (χ1) is 9.04. The molecule has 0 saturated heterocycles. The molecule has 1 amide bonds. The Balaban J connectivity index is 2.49. The van der Waals surface area contributed by atoms with Gasteiger partial charge in [0, 0.05) is 12.1 Å². The van der Waals surface area contributed by atoms with E-state index in [1.807, 2.05) is 0 Å². The zero-order valence-corrected chi connectivity index (χ0v) is 11.5. The Morgan fingerprint density at radius 2 is 2.26 bits per heavy atom. The SMILES string of the molecule is C=CCCN1C(=O)CS(=O)c2ccc(C(C)=O)cc21. The summed E-state index contributed by atoms with van der Waals surface area (Å²) < 4.78 is 12.0. The van der Waals surface area contributed by atoms with Crippen LogP contribution in [0.3, 0.4) is 0 Å². The predicted molar refractivity (Wildman–Crippen MR) is 74.9 cm³/mol. The summed E-state index contributed by atoms with van der Waals surface area (Å²) in [5.74, 6) is -0.243. The molecule has 4 nitrogen and oxygen atoms in total. The van der Waals surface area contributed by atoms with Gasteiger partial charge < -0.3 is 4.90 Å². The van der Waals surface area contributed by atoms with E-state index in [-0.39, 0.29) is 17.4 Å². The third kappa shape index (κ3) is 2.66. The van der Waals surface area contributed by atoms with Gasteiger partial charge in [0.05, 0.1) is 21.4 Å². The lowest BCUT2D eigenvalue weighted by atomic mass is 10.1. The molecule has 0 spiro atoms. The summed E-state index contributed by atoms with van der Waals surface area (Å²) in [5, 5.41) is 0. The highest BCUT2D eigenvalue weighted by Gasteiger charge is 2.29. The van der Waals surface area contributed by atoms with Gasteiger partial charge in [-0.15, -0.1) is 6.58 Å². The molecule has 1 aromatic carbocycles. The van der Waals surface area contributed by atoms with Crippen molar-refractivity contribution in [3.63, 3.8) is 0 Å². The summed E-state index contributed by atoms with van der Waals surface area (Å²) in [6.45, 7) is 5.60. The molecule has 0 fully saturated rings. The topological polar surface area (TPSA) is 54.5 Å². The van der Waals surface area contributed by atoms with E-state index >= 15 is 0 Å². The molecule has 0 aliphatic carbocycles. The molecule has 1 heterocycles. The third-order valence-corrected chi connectivity index (χ3v) is 4.36. The lowest BCUT2D eigenvalue weighted by Gasteiger charge is -2.28.